The molecule has 2 heterocycles. The standard InChI is InChI=1S/C10H13N7S/c1-5-2-6(11)15-9(14-5)4-18-10-16-7(12)3-8(13)17-10/h2-3H,4H2,1H3,(H2,11,14,15)(H4,12,13,16,17). The molecule has 0 aliphatic rings. The van der Waals surface area contributed by atoms with E-state index >= 15 is 0 Å². The van der Waals surface area contributed by atoms with Gasteiger partial charge in [0.05, 0.1) is 5.75 Å². The van der Waals surface area contributed by atoms with E-state index in [2.05, 4.69) is 19.9 Å². The van der Waals surface area contributed by atoms with E-state index in [1.54, 1.807) is 6.07 Å². The number of nitrogens with two attached hydrogens (primary N) is 3. The highest BCUT2D eigenvalue weighted by molar-refractivity contribution is 7.98. The van der Waals surface area contributed by atoms with E-state index < -0.39 is 0 Å². The molecule has 0 bridgehead atoms. The number of aryl methyl sites for hydroxylation is 1. The summed E-state index contributed by atoms with van der Waals surface area (Å²) in [6.45, 7) is 1.86. The Morgan fingerprint density at radius 3 is 2.17 bits per heavy atom. The third kappa shape index (κ3) is 3.20. The first-order chi connectivity index (χ1) is 8.52. The van der Waals surface area contributed by atoms with Crippen molar-refractivity contribution in [2.45, 2.75) is 17.8 Å². The molecule has 0 atom stereocenters. The van der Waals surface area contributed by atoms with E-state index in [0.29, 0.717) is 34.2 Å². The van der Waals surface area contributed by atoms with E-state index in [-0.39, 0.29) is 0 Å². The molecular formula is C10H13N7S. The monoisotopic (exact) mass is 263 g/mol. The van der Waals surface area contributed by atoms with E-state index in [1.807, 2.05) is 6.92 Å². The minimum atomic E-state index is 0.342. The lowest BCUT2D eigenvalue weighted by atomic mass is 10.4. The van der Waals surface area contributed by atoms with Crippen molar-refractivity contribution in [1.29, 1.82) is 0 Å². The summed E-state index contributed by atoms with van der Waals surface area (Å²) < 4.78 is 0. The highest BCUT2D eigenvalue weighted by Gasteiger charge is 2.05. The van der Waals surface area contributed by atoms with Crippen LogP contribution in [0, 0.1) is 6.92 Å². The Morgan fingerprint density at radius 2 is 1.56 bits per heavy atom. The van der Waals surface area contributed by atoms with Gasteiger partial charge in [0.25, 0.3) is 0 Å². The number of thioether (sulfide) groups is 1. The minimum Gasteiger partial charge on any atom is -0.384 e. The van der Waals surface area contributed by atoms with E-state index in [4.69, 9.17) is 17.2 Å². The molecule has 0 radical (unpaired) electrons. The second-order valence-electron chi connectivity index (χ2n) is 3.64. The van der Waals surface area contributed by atoms with Crippen LogP contribution >= 0.6 is 11.8 Å². The van der Waals surface area contributed by atoms with Gasteiger partial charge in [0.2, 0.25) is 0 Å². The van der Waals surface area contributed by atoms with Crippen molar-refractivity contribution in [2.75, 3.05) is 17.2 Å². The Balaban J connectivity index is 2.11. The molecule has 2 aromatic heterocycles. The molecule has 2 aromatic rings. The van der Waals surface area contributed by atoms with Crippen LogP contribution in [-0.2, 0) is 5.75 Å². The number of nitrogen functional groups attached to an aromatic ring is 3. The van der Waals surface area contributed by atoms with Gasteiger partial charge >= 0.3 is 0 Å². The van der Waals surface area contributed by atoms with Crippen molar-refractivity contribution >= 4 is 29.2 Å². The third-order valence-corrected chi connectivity index (χ3v) is 2.84. The van der Waals surface area contributed by atoms with Gasteiger partial charge in [-0.2, -0.15) is 0 Å². The smallest absolute Gasteiger partial charge is 0.191 e. The zero-order valence-electron chi connectivity index (χ0n) is 9.79. The zero-order valence-corrected chi connectivity index (χ0v) is 10.6. The van der Waals surface area contributed by atoms with Crippen LogP contribution < -0.4 is 17.2 Å². The van der Waals surface area contributed by atoms with Crippen LogP contribution in [0.25, 0.3) is 0 Å². The van der Waals surface area contributed by atoms with Crippen molar-refractivity contribution in [1.82, 2.24) is 19.9 Å². The largest absolute Gasteiger partial charge is 0.384 e. The van der Waals surface area contributed by atoms with Crippen LogP contribution in [0.1, 0.15) is 11.5 Å². The minimum absolute atomic E-state index is 0.342. The van der Waals surface area contributed by atoms with Crippen molar-refractivity contribution in [3.8, 4) is 0 Å². The van der Waals surface area contributed by atoms with E-state index in [0.717, 1.165) is 5.69 Å². The average molecular weight is 263 g/mol. The molecule has 0 aliphatic heterocycles. The first-order valence-electron chi connectivity index (χ1n) is 5.16. The maximum Gasteiger partial charge on any atom is 0.191 e. The predicted molar refractivity (Wildman–Crippen MR) is 71.6 cm³/mol. The predicted octanol–water partition coefficient (Wildman–Crippen LogP) is 0.614. The number of hydrogen-bond donors (Lipinski definition) is 3. The van der Waals surface area contributed by atoms with Gasteiger partial charge in [-0.1, -0.05) is 11.8 Å². The number of rotatable bonds is 3. The Kier molecular flexibility index (Phi) is 3.47. The normalized spacial score (nSPS) is 10.5. The van der Waals surface area contributed by atoms with Crippen LogP contribution in [0.15, 0.2) is 17.3 Å². The van der Waals surface area contributed by atoms with Crippen molar-refractivity contribution in [3.05, 3.63) is 23.7 Å². The molecule has 0 aromatic carbocycles. The lowest BCUT2D eigenvalue weighted by molar-refractivity contribution is 0.966. The molecule has 18 heavy (non-hydrogen) atoms. The van der Waals surface area contributed by atoms with Crippen LogP contribution in [0.2, 0.25) is 0 Å². The van der Waals surface area contributed by atoms with Crippen LogP contribution in [0.4, 0.5) is 17.5 Å². The third-order valence-electron chi connectivity index (χ3n) is 2.00. The summed E-state index contributed by atoms with van der Waals surface area (Å²) in [5.41, 5.74) is 17.6. The SMILES string of the molecule is Cc1cc(N)nc(CSc2nc(N)cc(N)n2)n1. The summed E-state index contributed by atoms with van der Waals surface area (Å²) >= 11 is 1.36. The fourth-order valence-corrected chi connectivity index (χ4v) is 2.10. The quantitative estimate of drug-likeness (QED) is 0.542. The molecule has 8 heteroatoms. The average Bonchev–Trinajstić information content (AvgIpc) is 2.23. The van der Waals surface area contributed by atoms with Gasteiger partial charge < -0.3 is 17.2 Å². The molecule has 0 amide bonds. The van der Waals surface area contributed by atoms with Gasteiger partial charge in [0.15, 0.2) is 5.16 Å². The summed E-state index contributed by atoms with van der Waals surface area (Å²) in [5.74, 6) is 2.27. The van der Waals surface area contributed by atoms with Crippen LogP contribution in [0.3, 0.4) is 0 Å². The second-order valence-corrected chi connectivity index (χ2v) is 4.58. The molecule has 0 spiro atoms. The molecule has 7 nitrogen and oxygen atoms in total. The van der Waals surface area contributed by atoms with Gasteiger partial charge in [0.1, 0.15) is 23.3 Å². The molecule has 94 valence electrons. The summed E-state index contributed by atoms with van der Waals surface area (Å²) in [6.07, 6.45) is 0. The summed E-state index contributed by atoms with van der Waals surface area (Å²) in [6, 6.07) is 3.22. The van der Waals surface area contributed by atoms with Gasteiger partial charge in [-0.3, -0.25) is 0 Å². The number of anilines is 3. The van der Waals surface area contributed by atoms with Gasteiger partial charge in [-0.25, -0.2) is 19.9 Å². The Hall–Kier alpha value is -2.09. The van der Waals surface area contributed by atoms with Crippen molar-refractivity contribution in [2.24, 2.45) is 0 Å². The van der Waals surface area contributed by atoms with E-state index in [1.165, 1.54) is 17.8 Å². The molecule has 0 fully saturated rings. The molecule has 0 aliphatic carbocycles. The Labute approximate surface area is 108 Å². The summed E-state index contributed by atoms with van der Waals surface area (Å²) in [7, 11) is 0. The second kappa shape index (κ2) is 5.05. The van der Waals surface area contributed by atoms with Gasteiger partial charge in [-0.05, 0) is 6.92 Å². The van der Waals surface area contributed by atoms with Crippen molar-refractivity contribution in [3.63, 3.8) is 0 Å². The number of nitrogens with zero attached hydrogens (tertiary/aromatic N) is 4. The van der Waals surface area contributed by atoms with Gasteiger partial charge in [-0.15, -0.1) is 0 Å². The first-order valence-corrected chi connectivity index (χ1v) is 6.14. The zero-order chi connectivity index (χ0) is 13.1. The Bertz CT molecular complexity index is 480. The Morgan fingerprint density at radius 1 is 0.944 bits per heavy atom. The lowest BCUT2D eigenvalue weighted by Crippen LogP contribution is -2.02. The highest BCUT2D eigenvalue weighted by atomic mass is 32.2. The van der Waals surface area contributed by atoms with Crippen LogP contribution in [0.5, 0.6) is 0 Å². The maximum atomic E-state index is 5.65. The fraction of sp³-hybridized carbons (Fsp3) is 0.200. The molecule has 2 rings (SSSR count). The maximum absolute atomic E-state index is 5.65. The number of aromatic nitrogens is 4. The highest BCUT2D eigenvalue weighted by Crippen LogP contribution is 2.20. The first kappa shape index (κ1) is 12.4. The van der Waals surface area contributed by atoms with E-state index in [9.17, 15) is 0 Å². The number of hydrogen-bond acceptors (Lipinski definition) is 8. The summed E-state index contributed by atoms with van der Waals surface area (Å²) in [5, 5.41) is 0.496. The van der Waals surface area contributed by atoms with Crippen LogP contribution in [-0.4, -0.2) is 19.9 Å². The molecule has 0 saturated carbocycles. The fourth-order valence-electron chi connectivity index (χ4n) is 1.38. The molecule has 0 unspecified atom stereocenters. The molecular weight excluding hydrogens is 250 g/mol. The molecule has 6 N–H and O–H groups in total. The summed E-state index contributed by atoms with van der Waals surface area (Å²) in [4.78, 5) is 16.5. The van der Waals surface area contributed by atoms with Gasteiger partial charge in [0, 0.05) is 17.8 Å². The topological polar surface area (TPSA) is 130 Å². The lowest BCUT2D eigenvalue weighted by Gasteiger charge is -2.03. The van der Waals surface area contributed by atoms with Crippen molar-refractivity contribution < 1.29 is 0 Å². The molecule has 0 saturated heterocycles.